The van der Waals surface area contributed by atoms with Crippen LogP contribution in [-0.2, 0) is 0 Å². The molecule has 0 aliphatic carbocycles. The van der Waals surface area contributed by atoms with E-state index in [2.05, 4.69) is 4.98 Å². The SMILES string of the molecule is Cc1ncccc1C(=O)N1CCCC1C(N)=S. The number of thiocarbonyl (C=S) groups is 1. The topological polar surface area (TPSA) is 59.2 Å². The number of rotatable bonds is 2. The van der Waals surface area contributed by atoms with Crippen molar-refractivity contribution in [2.45, 2.75) is 25.8 Å². The predicted molar refractivity (Wildman–Crippen MR) is 69.8 cm³/mol. The maximum atomic E-state index is 12.4. The number of aromatic nitrogens is 1. The fourth-order valence-corrected chi connectivity index (χ4v) is 2.42. The monoisotopic (exact) mass is 249 g/mol. The maximum absolute atomic E-state index is 12.4. The van der Waals surface area contributed by atoms with Gasteiger partial charge in [0.2, 0.25) is 0 Å². The van der Waals surface area contributed by atoms with Crippen LogP contribution in [-0.4, -0.2) is 33.4 Å². The maximum Gasteiger partial charge on any atom is 0.256 e. The molecule has 1 fully saturated rings. The van der Waals surface area contributed by atoms with E-state index in [4.69, 9.17) is 18.0 Å². The highest BCUT2D eigenvalue weighted by atomic mass is 32.1. The molecule has 1 aliphatic heterocycles. The van der Waals surface area contributed by atoms with Gasteiger partial charge in [-0.25, -0.2) is 0 Å². The van der Waals surface area contributed by atoms with Crippen molar-refractivity contribution in [3.05, 3.63) is 29.6 Å². The molecule has 0 spiro atoms. The highest BCUT2D eigenvalue weighted by Gasteiger charge is 2.31. The Morgan fingerprint density at radius 1 is 1.65 bits per heavy atom. The van der Waals surface area contributed by atoms with Crippen LogP contribution in [0, 0.1) is 6.92 Å². The minimum absolute atomic E-state index is 0.0223. The molecule has 17 heavy (non-hydrogen) atoms. The van der Waals surface area contributed by atoms with Crippen LogP contribution < -0.4 is 5.73 Å². The third-order valence-corrected chi connectivity index (χ3v) is 3.35. The molecule has 90 valence electrons. The molecule has 1 amide bonds. The van der Waals surface area contributed by atoms with E-state index in [1.165, 1.54) is 0 Å². The molecule has 2 N–H and O–H groups in total. The zero-order valence-corrected chi connectivity index (χ0v) is 10.5. The van der Waals surface area contributed by atoms with Crippen LogP contribution in [0.3, 0.4) is 0 Å². The Morgan fingerprint density at radius 2 is 2.41 bits per heavy atom. The lowest BCUT2D eigenvalue weighted by Gasteiger charge is -2.24. The summed E-state index contributed by atoms with van der Waals surface area (Å²) in [5.41, 5.74) is 7.04. The van der Waals surface area contributed by atoms with Crippen molar-refractivity contribution >= 4 is 23.1 Å². The first-order chi connectivity index (χ1) is 8.11. The molecule has 1 aromatic heterocycles. The van der Waals surface area contributed by atoms with Gasteiger partial charge in [0.25, 0.3) is 5.91 Å². The fourth-order valence-electron chi connectivity index (χ4n) is 2.17. The molecule has 1 unspecified atom stereocenters. The highest BCUT2D eigenvalue weighted by molar-refractivity contribution is 7.80. The summed E-state index contributed by atoms with van der Waals surface area (Å²) in [6, 6.07) is 3.46. The first-order valence-corrected chi connectivity index (χ1v) is 6.04. The van der Waals surface area contributed by atoms with Crippen molar-refractivity contribution in [1.82, 2.24) is 9.88 Å². The second kappa shape index (κ2) is 4.79. The summed E-state index contributed by atoms with van der Waals surface area (Å²) in [7, 11) is 0. The van der Waals surface area contributed by atoms with E-state index >= 15 is 0 Å². The minimum Gasteiger partial charge on any atom is -0.392 e. The Hall–Kier alpha value is -1.49. The van der Waals surface area contributed by atoms with Gasteiger partial charge in [0.1, 0.15) is 0 Å². The van der Waals surface area contributed by atoms with Gasteiger partial charge in [0.15, 0.2) is 0 Å². The molecule has 5 heteroatoms. The lowest BCUT2D eigenvalue weighted by molar-refractivity contribution is 0.0769. The van der Waals surface area contributed by atoms with Crippen LogP contribution in [0.15, 0.2) is 18.3 Å². The second-order valence-electron chi connectivity index (χ2n) is 4.20. The van der Waals surface area contributed by atoms with Gasteiger partial charge in [0, 0.05) is 18.4 Å². The van der Waals surface area contributed by atoms with E-state index in [0.29, 0.717) is 10.6 Å². The normalized spacial score (nSPS) is 19.4. The molecule has 4 nitrogen and oxygen atoms in total. The lowest BCUT2D eigenvalue weighted by atomic mass is 10.1. The Kier molecular flexibility index (Phi) is 3.38. The van der Waals surface area contributed by atoms with Crippen LogP contribution in [0.25, 0.3) is 0 Å². The van der Waals surface area contributed by atoms with Gasteiger partial charge in [-0.3, -0.25) is 9.78 Å². The fraction of sp³-hybridized carbons (Fsp3) is 0.417. The highest BCUT2D eigenvalue weighted by Crippen LogP contribution is 2.21. The number of pyridine rings is 1. The number of aryl methyl sites for hydroxylation is 1. The molecule has 0 saturated carbocycles. The van der Waals surface area contributed by atoms with Gasteiger partial charge in [0.05, 0.1) is 16.6 Å². The summed E-state index contributed by atoms with van der Waals surface area (Å²) in [6.45, 7) is 2.55. The molecule has 0 aromatic carbocycles. The third kappa shape index (κ3) is 2.29. The van der Waals surface area contributed by atoms with Crippen LogP contribution in [0.2, 0.25) is 0 Å². The Balaban J connectivity index is 2.26. The van der Waals surface area contributed by atoms with Gasteiger partial charge < -0.3 is 10.6 Å². The van der Waals surface area contributed by atoms with E-state index in [9.17, 15) is 4.79 Å². The molecule has 1 atom stereocenters. The summed E-state index contributed by atoms with van der Waals surface area (Å²) in [4.78, 5) is 18.6. The van der Waals surface area contributed by atoms with Gasteiger partial charge in [-0.2, -0.15) is 0 Å². The van der Waals surface area contributed by atoms with Crippen molar-refractivity contribution in [2.75, 3.05) is 6.54 Å². The number of nitrogens with zero attached hydrogens (tertiary/aromatic N) is 2. The van der Waals surface area contributed by atoms with Gasteiger partial charge in [-0.15, -0.1) is 0 Å². The molecule has 0 bridgehead atoms. The van der Waals surface area contributed by atoms with Gasteiger partial charge in [-0.1, -0.05) is 12.2 Å². The summed E-state index contributed by atoms with van der Waals surface area (Å²) in [6.07, 6.45) is 3.49. The van der Waals surface area contributed by atoms with Crippen LogP contribution >= 0.6 is 12.2 Å². The number of carbonyl (C=O) groups is 1. The summed E-state index contributed by atoms with van der Waals surface area (Å²) in [5, 5.41) is 0. The average Bonchev–Trinajstić information content (AvgIpc) is 2.77. The first kappa shape index (κ1) is 12.0. The smallest absolute Gasteiger partial charge is 0.256 e. The Bertz CT molecular complexity index is 461. The second-order valence-corrected chi connectivity index (χ2v) is 4.67. The van der Waals surface area contributed by atoms with Crippen LogP contribution in [0.1, 0.15) is 28.9 Å². The van der Waals surface area contributed by atoms with E-state index < -0.39 is 0 Å². The Labute approximate surface area is 106 Å². The lowest BCUT2D eigenvalue weighted by Crippen LogP contribution is -2.43. The molecular weight excluding hydrogens is 234 g/mol. The zero-order valence-electron chi connectivity index (χ0n) is 9.72. The number of likely N-dealkylation sites (tertiary alicyclic amines) is 1. The number of nitrogens with two attached hydrogens (primary N) is 1. The van der Waals surface area contributed by atoms with E-state index in [-0.39, 0.29) is 11.9 Å². The first-order valence-electron chi connectivity index (χ1n) is 5.63. The summed E-state index contributed by atoms with van der Waals surface area (Å²) in [5.74, 6) is -0.0223. The van der Waals surface area contributed by atoms with Crippen LogP contribution in [0.5, 0.6) is 0 Å². The Morgan fingerprint density at radius 3 is 3.06 bits per heavy atom. The number of hydrogen-bond acceptors (Lipinski definition) is 3. The quantitative estimate of drug-likeness (QED) is 0.802. The third-order valence-electron chi connectivity index (χ3n) is 3.08. The molecule has 1 aliphatic rings. The zero-order chi connectivity index (χ0) is 12.4. The standard InChI is InChI=1S/C12H15N3OS/c1-8-9(4-2-6-14-8)12(16)15-7-3-5-10(15)11(13)17/h2,4,6,10H,3,5,7H2,1H3,(H2,13,17). The average molecular weight is 249 g/mol. The molecule has 1 saturated heterocycles. The number of amides is 1. The number of hydrogen-bond donors (Lipinski definition) is 1. The molecule has 1 aromatic rings. The van der Waals surface area contributed by atoms with Crippen molar-refractivity contribution in [2.24, 2.45) is 5.73 Å². The summed E-state index contributed by atoms with van der Waals surface area (Å²) < 4.78 is 0. The van der Waals surface area contributed by atoms with Gasteiger partial charge >= 0.3 is 0 Å². The van der Waals surface area contributed by atoms with Crippen molar-refractivity contribution in [1.29, 1.82) is 0 Å². The van der Waals surface area contributed by atoms with Crippen LogP contribution in [0.4, 0.5) is 0 Å². The molecule has 2 heterocycles. The van der Waals surface area contributed by atoms with E-state index in [1.54, 1.807) is 23.2 Å². The summed E-state index contributed by atoms with van der Waals surface area (Å²) >= 11 is 5.00. The number of carbonyl (C=O) groups excluding carboxylic acids is 1. The van der Waals surface area contributed by atoms with E-state index in [0.717, 1.165) is 25.1 Å². The van der Waals surface area contributed by atoms with Crippen molar-refractivity contribution in [3.63, 3.8) is 0 Å². The molecule has 0 radical (unpaired) electrons. The van der Waals surface area contributed by atoms with E-state index in [1.807, 2.05) is 6.92 Å². The van der Waals surface area contributed by atoms with Crippen molar-refractivity contribution in [3.8, 4) is 0 Å². The molecule has 2 rings (SSSR count). The van der Waals surface area contributed by atoms with Gasteiger partial charge in [-0.05, 0) is 31.9 Å². The minimum atomic E-state index is -0.0999. The predicted octanol–water partition coefficient (Wildman–Crippen LogP) is 1.28. The largest absolute Gasteiger partial charge is 0.392 e. The van der Waals surface area contributed by atoms with Crippen molar-refractivity contribution < 1.29 is 4.79 Å². The molecular formula is C12H15N3OS.